The third-order valence-corrected chi connectivity index (χ3v) is 2.77. The van der Waals surface area contributed by atoms with Crippen LogP contribution in [0.15, 0.2) is 18.2 Å². The van der Waals surface area contributed by atoms with Crippen molar-refractivity contribution in [2.24, 2.45) is 0 Å². The molecule has 0 saturated carbocycles. The highest BCUT2D eigenvalue weighted by molar-refractivity contribution is 5.88. The molecule has 0 bridgehead atoms. The summed E-state index contributed by atoms with van der Waals surface area (Å²) in [5.74, 6) is 1.62. The zero-order valence-electron chi connectivity index (χ0n) is 8.86. The van der Waals surface area contributed by atoms with Gasteiger partial charge in [0, 0.05) is 11.8 Å². The third-order valence-electron chi connectivity index (χ3n) is 2.77. The molecule has 1 aromatic heterocycles. The van der Waals surface area contributed by atoms with Crippen molar-refractivity contribution in [3.05, 3.63) is 23.8 Å². The molecule has 1 N–H and O–H groups in total. The van der Waals surface area contributed by atoms with Crippen molar-refractivity contribution in [3.8, 4) is 17.4 Å². The van der Waals surface area contributed by atoms with Crippen LogP contribution in [0, 0.1) is 0 Å². The van der Waals surface area contributed by atoms with Crippen molar-refractivity contribution in [2.75, 3.05) is 13.7 Å². The third kappa shape index (κ3) is 1.19. The normalized spacial score (nSPS) is 13.6. The Morgan fingerprint density at radius 3 is 3.12 bits per heavy atom. The summed E-state index contributed by atoms with van der Waals surface area (Å²) >= 11 is 0. The molecule has 0 saturated heterocycles. The van der Waals surface area contributed by atoms with Gasteiger partial charge in [-0.3, -0.25) is 0 Å². The number of fused-ring (bicyclic) bond motifs is 2. The zero-order chi connectivity index (χ0) is 11.1. The average molecular weight is 217 g/mol. The van der Waals surface area contributed by atoms with E-state index < -0.39 is 0 Å². The van der Waals surface area contributed by atoms with E-state index in [0.717, 1.165) is 28.6 Å². The number of pyridine rings is 1. The highest BCUT2D eigenvalue weighted by Gasteiger charge is 2.21. The lowest BCUT2D eigenvalue weighted by atomic mass is 10.1. The van der Waals surface area contributed by atoms with Crippen LogP contribution in [0.1, 0.15) is 5.56 Å². The molecule has 4 heteroatoms. The Morgan fingerprint density at radius 2 is 2.31 bits per heavy atom. The van der Waals surface area contributed by atoms with Gasteiger partial charge in [-0.2, -0.15) is 0 Å². The number of phenols is 1. The Bertz CT molecular complexity index is 566. The molecule has 0 amide bonds. The van der Waals surface area contributed by atoms with Crippen LogP contribution in [-0.2, 0) is 6.42 Å². The topological polar surface area (TPSA) is 51.6 Å². The minimum atomic E-state index is 0.214. The van der Waals surface area contributed by atoms with Gasteiger partial charge in [-0.05, 0) is 18.2 Å². The predicted molar refractivity (Wildman–Crippen MR) is 59.2 cm³/mol. The van der Waals surface area contributed by atoms with Gasteiger partial charge in [0.25, 0.3) is 0 Å². The molecule has 2 heterocycles. The monoisotopic (exact) mass is 217 g/mol. The maximum atomic E-state index is 9.48. The minimum Gasteiger partial charge on any atom is -0.508 e. The van der Waals surface area contributed by atoms with Crippen LogP contribution < -0.4 is 9.47 Å². The number of rotatable bonds is 1. The summed E-state index contributed by atoms with van der Waals surface area (Å²) in [6.45, 7) is 0.640. The van der Waals surface area contributed by atoms with E-state index >= 15 is 0 Å². The van der Waals surface area contributed by atoms with Gasteiger partial charge in [0.05, 0.1) is 24.8 Å². The quantitative estimate of drug-likeness (QED) is 0.792. The molecule has 0 fully saturated rings. The molecule has 82 valence electrons. The van der Waals surface area contributed by atoms with E-state index in [1.807, 2.05) is 0 Å². The van der Waals surface area contributed by atoms with Crippen molar-refractivity contribution in [3.63, 3.8) is 0 Å². The van der Waals surface area contributed by atoms with Crippen LogP contribution in [0.4, 0.5) is 0 Å². The first-order valence-corrected chi connectivity index (χ1v) is 5.12. The number of nitrogens with zero attached hydrogens (tertiary/aromatic N) is 1. The maximum Gasteiger partial charge on any atom is 0.221 e. The number of hydrogen-bond donors (Lipinski definition) is 1. The Kier molecular flexibility index (Phi) is 1.89. The van der Waals surface area contributed by atoms with Gasteiger partial charge in [0.1, 0.15) is 11.5 Å². The van der Waals surface area contributed by atoms with Crippen LogP contribution in [0.3, 0.4) is 0 Å². The molecule has 0 unspecified atom stereocenters. The van der Waals surface area contributed by atoms with E-state index in [9.17, 15) is 5.11 Å². The molecule has 4 nitrogen and oxygen atoms in total. The first-order chi connectivity index (χ1) is 7.79. The predicted octanol–water partition coefficient (Wildman–Crippen LogP) is 1.88. The fraction of sp³-hybridized carbons (Fsp3) is 0.250. The summed E-state index contributed by atoms with van der Waals surface area (Å²) in [5.41, 5.74) is 1.76. The second-order valence-corrected chi connectivity index (χ2v) is 3.73. The number of aromatic hydroxyl groups is 1. The van der Waals surface area contributed by atoms with Gasteiger partial charge in [0.2, 0.25) is 5.88 Å². The van der Waals surface area contributed by atoms with Crippen molar-refractivity contribution in [1.82, 2.24) is 4.98 Å². The standard InChI is InChI=1S/C12H11NO3/c1-15-11-8-4-5-16-12(8)13-10-3-2-7(14)6-9(10)11/h2-3,6,14H,4-5H2,1H3. The van der Waals surface area contributed by atoms with Crippen molar-refractivity contribution in [2.45, 2.75) is 6.42 Å². The molecule has 16 heavy (non-hydrogen) atoms. The fourth-order valence-corrected chi connectivity index (χ4v) is 2.06. The zero-order valence-corrected chi connectivity index (χ0v) is 8.86. The number of methoxy groups -OCH3 is 1. The molecule has 0 aliphatic carbocycles. The lowest BCUT2D eigenvalue weighted by molar-refractivity contribution is 0.345. The van der Waals surface area contributed by atoms with Gasteiger partial charge in [0.15, 0.2) is 0 Å². The van der Waals surface area contributed by atoms with Gasteiger partial charge >= 0.3 is 0 Å². The van der Waals surface area contributed by atoms with Crippen LogP contribution >= 0.6 is 0 Å². The number of aromatic nitrogens is 1. The van der Waals surface area contributed by atoms with Crippen LogP contribution in [0.25, 0.3) is 10.9 Å². The van der Waals surface area contributed by atoms with Crippen LogP contribution in [-0.4, -0.2) is 23.8 Å². The average Bonchev–Trinajstić information content (AvgIpc) is 2.73. The van der Waals surface area contributed by atoms with E-state index in [1.165, 1.54) is 0 Å². The van der Waals surface area contributed by atoms with Crippen molar-refractivity contribution >= 4 is 10.9 Å². The molecule has 1 aliphatic heterocycles. The molecular formula is C12H11NO3. The van der Waals surface area contributed by atoms with Crippen LogP contribution in [0.5, 0.6) is 17.4 Å². The minimum absolute atomic E-state index is 0.214. The lowest BCUT2D eigenvalue weighted by Gasteiger charge is -2.09. The second kappa shape index (κ2) is 3.27. The summed E-state index contributed by atoms with van der Waals surface area (Å²) in [6.07, 6.45) is 0.803. The lowest BCUT2D eigenvalue weighted by Crippen LogP contribution is -1.93. The number of benzene rings is 1. The Labute approximate surface area is 92.4 Å². The van der Waals surface area contributed by atoms with Gasteiger partial charge in [-0.15, -0.1) is 0 Å². The van der Waals surface area contributed by atoms with Crippen LogP contribution in [0.2, 0.25) is 0 Å². The largest absolute Gasteiger partial charge is 0.508 e. The Balaban J connectivity index is 2.40. The second-order valence-electron chi connectivity index (χ2n) is 3.73. The van der Waals surface area contributed by atoms with E-state index in [2.05, 4.69) is 4.98 Å². The van der Waals surface area contributed by atoms with E-state index in [0.29, 0.717) is 12.5 Å². The highest BCUT2D eigenvalue weighted by atomic mass is 16.5. The molecule has 0 spiro atoms. The number of ether oxygens (including phenoxy) is 2. The maximum absolute atomic E-state index is 9.48. The summed E-state index contributed by atoms with van der Waals surface area (Å²) < 4.78 is 10.8. The highest BCUT2D eigenvalue weighted by Crippen LogP contribution is 2.38. The molecule has 0 radical (unpaired) electrons. The first-order valence-electron chi connectivity index (χ1n) is 5.12. The van der Waals surface area contributed by atoms with Gasteiger partial charge in [-0.25, -0.2) is 4.98 Å². The molecule has 0 atom stereocenters. The summed E-state index contributed by atoms with van der Waals surface area (Å²) in [5, 5.41) is 10.3. The van der Waals surface area contributed by atoms with E-state index in [1.54, 1.807) is 25.3 Å². The molecule has 1 aromatic carbocycles. The van der Waals surface area contributed by atoms with Crippen molar-refractivity contribution < 1.29 is 14.6 Å². The SMILES string of the molecule is COc1c2c(nc3ccc(O)cc13)OCC2. The van der Waals surface area contributed by atoms with Crippen molar-refractivity contribution in [1.29, 1.82) is 0 Å². The summed E-state index contributed by atoms with van der Waals surface area (Å²) in [4.78, 5) is 4.39. The summed E-state index contributed by atoms with van der Waals surface area (Å²) in [6, 6.07) is 5.03. The number of hydrogen-bond acceptors (Lipinski definition) is 4. The summed E-state index contributed by atoms with van der Waals surface area (Å²) in [7, 11) is 1.62. The first kappa shape index (κ1) is 9.27. The van der Waals surface area contributed by atoms with Gasteiger partial charge < -0.3 is 14.6 Å². The fourth-order valence-electron chi connectivity index (χ4n) is 2.06. The Hall–Kier alpha value is -1.97. The van der Waals surface area contributed by atoms with E-state index in [4.69, 9.17) is 9.47 Å². The Morgan fingerprint density at radius 1 is 1.44 bits per heavy atom. The smallest absolute Gasteiger partial charge is 0.221 e. The van der Waals surface area contributed by atoms with Gasteiger partial charge in [-0.1, -0.05) is 0 Å². The molecular weight excluding hydrogens is 206 g/mol. The number of phenolic OH excluding ortho intramolecular Hbond substituents is 1. The van der Waals surface area contributed by atoms with E-state index in [-0.39, 0.29) is 5.75 Å². The molecule has 1 aliphatic rings. The molecule has 3 rings (SSSR count). The molecule has 2 aromatic rings.